The lowest BCUT2D eigenvalue weighted by molar-refractivity contribution is 0.606. The molecule has 0 bridgehead atoms. The third kappa shape index (κ3) is 4.93. The van der Waals surface area contributed by atoms with Crippen molar-refractivity contribution in [1.82, 2.24) is 0 Å². The van der Waals surface area contributed by atoms with Gasteiger partial charge in [0, 0.05) is 5.69 Å². The maximum absolute atomic E-state index is 3.73. The lowest BCUT2D eigenvalue weighted by atomic mass is 10.00. The number of anilines is 1. The largest absolute Gasteiger partial charge is 0.378 e. The van der Waals surface area contributed by atoms with Crippen LogP contribution in [0.5, 0.6) is 0 Å². The molecule has 2 aromatic carbocycles. The van der Waals surface area contributed by atoms with Gasteiger partial charge in [0.15, 0.2) is 0 Å². The third-order valence-corrected chi connectivity index (χ3v) is 3.97. The Morgan fingerprint density at radius 3 is 2.43 bits per heavy atom. The second-order valence-electron chi connectivity index (χ2n) is 5.66. The zero-order valence-electron chi connectivity index (χ0n) is 13.3. The van der Waals surface area contributed by atoms with E-state index < -0.39 is 0 Å². The van der Waals surface area contributed by atoms with Gasteiger partial charge in [-0.25, -0.2) is 0 Å². The number of rotatable bonds is 8. The Balaban J connectivity index is 2.11. The lowest BCUT2D eigenvalue weighted by Crippen LogP contribution is -2.11. The standard InChI is InChI=1S/C20H27N/c1-3-5-7-15-20(18-12-8-6-9-13-18)21-19-14-10-11-17(4-2)16-19/h6,8-14,16,20-21H,3-5,7,15H2,1-2H3. The molecule has 1 unspecified atom stereocenters. The molecular weight excluding hydrogens is 254 g/mol. The number of hydrogen-bond donors (Lipinski definition) is 1. The molecule has 0 spiro atoms. The van der Waals surface area contributed by atoms with Crippen molar-refractivity contribution < 1.29 is 0 Å². The maximum atomic E-state index is 3.73. The summed E-state index contributed by atoms with van der Waals surface area (Å²) in [5.41, 5.74) is 4.01. The van der Waals surface area contributed by atoms with E-state index in [1.54, 1.807) is 0 Å². The summed E-state index contributed by atoms with van der Waals surface area (Å²) in [6.07, 6.45) is 6.12. The van der Waals surface area contributed by atoms with E-state index in [-0.39, 0.29) is 0 Å². The van der Waals surface area contributed by atoms with Crippen LogP contribution in [0.15, 0.2) is 54.6 Å². The van der Waals surface area contributed by atoms with E-state index >= 15 is 0 Å². The first-order valence-electron chi connectivity index (χ1n) is 8.24. The van der Waals surface area contributed by atoms with Crippen molar-refractivity contribution >= 4 is 5.69 Å². The number of unbranched alkanes of at least 4 members (excludes halogenated alkanes) is 2. The SMILES string of the molecule is CCCCCC(Nc1cccc(CC)c1)c1ccccc1. The predicted molar refractivity (Wildman–Crippen MR) is 92.8 cm³/mol. The quantitative estimate of drug-likeness (QED) is 0.587. The lowest BCUT2D eigenvalue weighted by Gasteiger charge is -2.21. The summed E-state index contributed by atoms with van der Waals surface area (Å²) in [5, 5.41) is 3.73. The molecule has 0 saturated heterocycles. The average molecular weight is 281 g/mol. The Labute approximate surface area is 129 Å². The first-order valence-corrected chi connectivity index (χ1v) is 8.24. The molecule has 1 heteroatoms. The topological polar surface area (TPSA) is 12.0 Å². The molecule has 0 saturated carbocycles. The van der Waals surface area contributed by atoms with Gasteiger partial charge in [-0.2, -0.15) is 0 Å². The van der Waals surface area contributed by atoms with Crippen molar-refractivity contribution in [2.75, 3.05) is 5.32 Å². The van der Waals surface area contributed by atoms with Crippen LogP contribution in [-0.4, -0.2) is 0 Å². The molecule has 0 aliphatic rings. The zero-order chi connectivity index (χ0) is 14.9. The molecule has 0 radical (unpaired) electrons. The van der Waals surface area contributed by atoms with Gasteiger partial charge in [0.2, 0.25) is 0 Å². The van der Waals surface area contributed by atoms with Gasteiger partial charge in [-0.1, -0.05) is 75.6 Å². The van der Waals surface area contributed by atoms with Crippen LogP contribution in [-0.2, 0) is 6.42 Å². The number of benzene rings is 2. The first kappa shape index (κ1) is 15.6. The van der Waals surface area contributed by atoms with Crippen LogP contribution < -0.4 is 5.32 Å². The second kappa shape index (κ2) is 8.51. The van der Waals surface area contributed by atoms with Crippen molar-refractivity contribution in [2.24, 2.45) is 0 Å². The van der Waals surface area contributed by atoms with Gasteiger partial charge in [-0.05, 0) is 36.1 Å². The molecule has 1 nitrogen and oxygen atoms in total. The minimum absolute atomic E-state index is 0.407. The van der Waals surface area contributed by atoms with E-state index in [0.717, 1.165) is 6.42 Å². The minimum atomic E-state index is 0.407. The highest BCUT2D eigenvalue weighted by Crippen LogP contribution is 2.25. The zero-order valence-corrected chi connectivity index (χ0v) is 13.3. The van der Waals surface area contributed by atoms with E-state index in [9.17, 15) is 0 Å². The van der Waals surface area contributed by atoms with Crippen molar-refractivity contribution in [2.45, 2.75) is 52.0 Å². The van der Waals surface area contributed by atoms with Gasteiger partial charge in [-0.15, -0.1) is 0 Å². The molecule has 0 aliphatic carbocycles. The van der Waals surface area contributed by atoms with Crippen LogP contribution >= 0.6 is 0 Å². The Hall–Kier alpha value is -1.76. The van der Waals surface area contributed by atoms with Crippen LogP contribution in [0.1, 0.15) is 56.7 Å². The summed E-state index contributed by atoms with van der Waals surface area (Å²) < 4.78 is 0. The molecular formula is C20H27N. The van der Waals surface area contributed by atoms with E-state index in [4.69, 9.17) is 0 Å². The van der Waals surface area contributed by atoms with Crippen molar-refractivity contribution in [1.29, 1.82) is 0 Å². The predicted octanol–water partition coefficient (Wildman–Crippen LogP) is 5.98. The molecule has 2 rings (SSSR count). The number of nitrogens with one attached hydrogen (secondary N) is 1. The highest BCUT2D eigenvalue weighted by atomic mass is 14.9. The van der Waals surface area contributed by atoms with Crippen LogP contribution in [0.2, 0.25) is 0 Å². The molecule has 21 heavy (non-hydrogen) atoms. The van der Waals surface area contributed by atoms with Crippen LogP contribution in [0.4, 0.5) is 5.69 Å². The van der Waals surface area contributed by atoms with Gasteiger partial charge < -0.3 is 5.32 Å². The highest BCUT2D eigenvalue weighted by Gasteiger charge is 2.10. The summed E-state index contributed by atoms with van der Waals surface area (Å²) in [6, 6.07) is 20.0. The second-order valence-corrected chi connectivity index (χ2v) is 5.66. The van der Waals surface area contributed by atoms with Gasteiger partial charge in [0.25, 0.3) is 0 Å². The molecule has 1 atom stereocenters. The molecule has 0 heterocycles. The summed E-state index contributed by atoms with van der Waals surface area (Å²) >= 11 is 0. The smallest absolute Gasteiger partial charge is 0.0513 e. The van der Waals surface area contributed by atoms with Gasteiger partial charge in [0.1, 0.15) is 0 Å². The Bertz CT molecular complexity index is 518. The summed E-state index contributed by atoms with van der Waals surface area (Å²) in [6.45, 7) is 4.46. The molecule has 112 valence electrons. The fourth-order valence-electron chi connectivity index (χ4n) is 2.69. The van der Waals surface area contributed by atoms with Crippen LogP contribution in [0, 0.1) is 0 Å². The average Bonchev–Trinajstić information content (AvgIpc) is 2.55. The van der Waals surface area contributed by atoms with E-state index in [2.05, 4.69) is 73.8 Å². The maximum Gasteiger partial charge on any atom is 0.0513 e. The Morgan fingerprint density at radius 2 is 1.71 bits per heavy atom. The Morgan fingerprint density at radius 1 is 0.905 bits per heavy atom. The summed E-state index contributed by atoms with van der Waals surface area (Å²) in [5.74, 6) is 0. The molecule has 0 amide bonds. The minimum Gasteiger partial charge on any atom is -0.378 e. The number of hydrogen-bond acceptors (Lipinski definition) is 1. The van der Waals surface area contributed by atoms with E-state index in [0.29, 0.717) is 6.04 Å². The molecule has 2 aromatic rings. The first-order chi connectivity index (χ1) is 10.3. The van der Waals surface area contributed by atoms with Gasteiger partial charge in [0.05, 0.1) is 6.04 Å². The highest BCUT2D eigenvalue weighted by molar-refractivity contribution is 5.47. The van der Waals surface area contributed by atoms with Gasteiger partial charge in [-0.3, -0.25) is 0 Å². The molecule has 1 N–H and O–H groups in total. The third-order valence-electron chi connectivity index (χ3n) is 3.97. The molecule has 0 fully saturated rings. The summed E-state index contributed by atoms with van der Waals surface area (Å²) in [7, 11) is 0. The van der Waals surface area contributed by atoms with Crippen LogP contribution in [0.3, 0.4) is 0 Å². The number of aryl methyl sites for hydroxylation is 1. The Kier molecular flexibility index (Phi) is 6.33. The van der Waals surface area contributed by atoms with Crippen molar-refractivity contribution in [3.63, 3.8) is 0 Å². The molecule has 0 aliphatic heterocycles. The van der Waals surface area contributed by atoms with E-state index in [1.165, 1.54) is 42.5 Å². The fraction of sp³-hybridized carbons (Fsp3) is 0.400. The normalized spacial score (nSPS) is 12.1. The fourth-order valence-corrected chi connectivity index (χ4v) is 2.69. The van der Waals surface area contributed by atoms with Crippen molar-refractivity contribution in [3.05, 3.63) is 65.7 Å². The van der Waals surface area contributed by atoms with Crippen LogP contribution in [0.25, 0.3) is 0 Å². The van der Waals surface area contributed by atoms with Crippen molar-refractivity contribution in [3.8, 4) is 0 Å². The molecule has 0 aromatic heterocycles. The monoisotopic (exact) mass is 281 g/mol. The summed E-state index contributed by atoms with van der Waals surface area (Å²) in [4.78, 5) is 0. The van der Waals surface area contributed by atoms with E-state index in [1.807, 2.05) is 0 Å². The van der Waals surface area contributed by atoms with Gasteiger partial charge >= 0.3 is 0 Å².